The standard InChI is InChI=1S/C14H21F3N4/c1-4-18-12-20-10(14(15,16)17)7-11(21-12)19-9-5-6-13(2,3)8-9/h7,9H,4-6,8H2,1-3H3,(H2,18,19,20,21). The van der Waals surface area contributed by atoms with Crippen LogP contribution >= 0.6 is 0 Å². The van der Waals surface area contributed by atoms with E-state index in [1.165, 1.54) is 0 Å². The van der Waals surface area contributed by atoms with Crippen LogP contribution in [0.4, 0.5) is 24.9 Å². The number of hydrogen-bond acceptors (Lipinski definition) is 4. The average molecular weight is 302 g/mol. The van der Waals surface area contributed by atoms with Crippen molar-refractivity contribution in [1.29, 1.82) is 0 Å². The van der Waals surface area contributed by atoms with Gasteiger partial charge < -0.3 is 10.6 Å². The number of hydrogen-bond donors (Lipinski definition) is 2. The number of anilines is 2. The molecule has 1 aromatic rings. The van der Waals surface area contributed by atoms with Crippen molar-refractivity contribution in [3.05, 3.63) is 11.8 Å². The molecule has 0 aliphatic heterocycles. The second-order valence-electron chi connectivity index (χ2n) is 6.24. The minimum Gasteiger partial charge on any atom is -0.367 e. The Kier molecular flexibility index (Phi) is 4.30. The van der Waals surface area contributed by atoms with Crippen LogP contribution < -0.4 is 10.6 Å². The first-order valence-corrected chi connectivity index (χ1v) is 7.16. The predicted molar refractivity (Wildman–Crippen MR) is 76.2 cm³/mol. The molecule has 2 rings (SSSR count). The summed E-state index contributed by atoms with van der Waals surface area (Å²) in [5.41, 5.74) is -0.699. The highest BCUT2D eigenvalue weighted by Gasteiger charge is 2.35. The third kappa shape index (κ3) is 4.22. The Hall–Kier alpha value is -1.53. The lowest BCUT2D eigenvalue weighted by atomic mass is 9.92. The van der Waals surface area contributed by atoms with Crippen molar-refractivity contribution in [2.45, 2.75) is 52.3 Å². The quantitative estimate of drug-likeness (QED) is 0.885. The van der Waals surface area contributed by atoms with Crippen LogP contribution in [0, 0.1) is 5.41 Å². The molecule has 0 aromatic carbocycles. The highest BCUT2D eigenvalue weighted by Crippen LogP contribution is 2.38. The Labute approximate surface area is 122 Å². The maximum atomic E-state index is 12.9. The number of halogens is 3. The Morgan fingerprint density at radius 3 is 2.57 bits per heavy atom. The second kappa shape index (κ2) is 5.69. The number of rotatable bonds is 4. The summed E-state index contributed by atoms with van der Waals surface area (Å²) in [7, 11) is 0. The smallest absolute Gasteiger partial charge is 0.367 e. The third-order valence-corrected chi connectivity index (χ3v) is 3.67. The van der Waals surface area contributed by atoms with E-state index in [-0.39, 0.29) is 23.2 Å². The van der Waals surface area contributed by atoms with Crippen LogP contribution in [0.1, 0.15) is 45.7 Å². The van der Waals surface area contributed by atoms with Gasteiger partial charge in [0, 0.05) is 18.7 Å². The lowest BCUT2D eigenvalue weighted by Crippen LogP contribution is -2.20. The molecule has 0 bridgehead atoms. The van der Waals surface area contributed by atoms with E-state index >= 15 is 0 Å². The summed E-state index contributed by atoms with van der Waals surface area (Å²) < 4.78 is 38.6. The van der Waals surface area contributed by atoms with E-state index in [1.807, 2.05) is 0 Å². The van der Waals surface area contributed by atoms with Crippen LogP contribution in [0.15, 0.2) is 6.07 Å². The molecule has 0 amide bonds. The molecule has 0 spiro atoms. The highest BCUT2D eigenvalue weighted by atomic mass is 19.4. The third-order valence-electron chi connectivity index (χ3n) is 3.67. The number of nitrogens with zero attached hydrogens (tertiary/aromatic N) is 2. The van der Waals surface area contributed by atoms with E-state index in [0.29, 0.717) is 6.54 Å². The van der Waals surface area contributed by atoms with Gasteiger partial charge in [-0.05, 0) is 31.6 Å². The van der Waals surface area contributed by atoms with Gasteiger partial charge in [-0.15, -0.1) is 0 Å². The summed E-state index contributed by atoms with van der Waals surface area (Å²) in [4.78, 5) is 7.62. The fourth-order valence-electron chi connectivity index (χ4n) is 2.67. The molecule has 1 unspecified atom stereocenters. The Bertz CT molecular complexity index is 499. The van der Waals surface area contributed by atoms with Gasteiger partial charge in [0.15, 0.2) is 5.69 Å². The highest BCUT2D eigenvalue weighted by molar-refractivity contribution is 5.44. The molecule has 1 saturated carbocycles. The predicted octanol–water partition coefficient (Wildman–Crippen LogP) is 3.92. The zero-order chi connectivity index (χ0) is 15.7. The van der Waals surface area contributed by atoms with Gasteiger partial charge >= 0.3 is 6.18 Å². The average Bonchev–Trinajstić information content (AvgIpc) is 2.67. The second-order valence-corrected chi connectivity index (χ2v) is 6.24. The van der Waals surface area contributed by atoms with Gasteiger partial charge in [-0.2, -0.15) is 18.2 Å². The zero-order valence-corrected chi connectivity index (χ0v) is 12.5. The topological polar surface area (TPSA) is 49.8 Å². The van der Waals surface area contributed by atoms with Crippen LogP contribution in [0.3, 0.4) is 0 Å². The summed E-state index contributed by atoms with van der Waals surface area (Å²) in [6.07, 6.45) is -1.55. The Morgan fingerprint density at radius 2 is 2.05 bits per heavy atom. The monoisotopic (exact) mass is 302 g/mol. The lowest BCUT2D eigenvalue weighted by Gasteiger charge is -2.19. The van der Waals surface area contributed by atoms with E-state index < -0.39 is 11.9 Å². The molecule has 1 fully saturated rings. The SMILES string of the molecule is CCNc1nc(NC2CCC(C)(C)C2)cc(C(F)(F)F)n1. The fourth-order valence-corrected chi connectivity index (χ4v) is 2.67. The van der Waals surface area contributed by atoms with Crippen LogP contribution in [0.5, 0.6) is 0 Å². The van der Waals surface area contributed by atoms with Crippen LogP contribution in [0.25, 0.3) is 0 Å². The molecule has 21 heavy (non-hydrogen) atoms. The van der Waals surface area contributed by atoms with Crippen LogP contribution in [-0.4, -0.2) is 22.6 Å². The maximum absolute atomic E-state index is 12.9. The lowest BCUT2D eigenvalue weighted by molar-refractivity contribution is -0.141. The van der Waals surface area contributed by atoms with E-state index in [9.17, 15) is 13.2 Å². The van der Waals surface area contributed by atoms with Crippen molar-refractivity contribution in [1.82, 2.24) is 9.97 Å². The van der Waals surface area contributed by atoms with Gasteiger partial charge in [0.05, 0.1) is 0 Å². The Morgan fingerprint density at radius 1 is 1.33 bits per heavy atom. The summed E-state index contributed by atoms with van der Waals surface area (Å²) in [6.45, 7) is 6.59. The molecule has 1 atom stereocenters. The summed E-state index contributed by atoms with van der Waals surface area (Å²) in [5, 5.41) is 5.86. The van der Waals surface area contributed by atoms with E-state index in [1.54, 1.807) is 6.92 Å². The minimum atomic E-state index is -4.47. The van der Waals surface area contributed by atoms with Crippen LogP contribution in [0.2, 0.25) is 0 Å². The molecule has 0 saturated heterocycles. The van der Waals surface area contributed by atoms with Crippen molar-refractivity contribution < 1.29 is 13.2 Å². The molecule has 2 N–H and O–H groups in total. The van der Waals surface area contributed by atoms with E-state index in [4.69, 9.17) is 0 Å². The molecule has 1 aromatic heterocycles. The van der Waals surface area contributed by atoms with Crippen molar-refractivity contribution in [2.75, 3.05) is 17.2 Å². The molecule has 118 valence electrons. The van der Waals surface area contributed by atoms with Gasteiger partial charge in [0.1, 0.15) is 5.82 Å². The molecule has 4 nitrogen and oxygen atoms in total. The minimum absolute atomic E-state index is 0.00656. The van der Waals surface area contributed by atoms with Crippen molar-refractivity contribution in [3.63, 3.8) is 0 Å². The first-order chi connectivity index (χ1) is 9.69. The summed E-state index contributed by atoms with van der Waals surface area (Å²) >= 11 is 0. The first kappa shape index (κ1) is 15.9. The van der Waals surface area contributed by atoms with E-state index in [0.717, 1.165) is 25.3 Å². The molecular weight excluding hydrogens is 281 g/mol. The van der Waals surface area contributed by atoms with Crippen molar-refractivity contribution >= 4 is 11.8 Å². The van der Waals surface area contributed by atoms with Gasteiger partial charge in [0.25, 0.3) is 0 Å². The molecule has 1 heterocycles. The fraction of sp³-hybridized carbons (Fsp3) is 0.714. The number of alkyl halides is 3. The molecule has 7 heteroatoms. The number of nitrogens with one attached hydrogen (secondary N) is 2. The molecule has 0 radical (unpaired) electrons. The number of aromatic nitrogens is 2. The van der Waals surface area contributed by atoms with Crippen molar-refractivity contribution in [3.8, 4) is 0 Å². The Balaban J connectivity index is 2.20. The van der Waals surface area contributed by atoms with Gasteiger partial charge in [-0.1, -0.05) is 13.8 Å². The van der Waals surface area contributed by atoms with Gasteiger partial charge in [0.2, 0.25) is 5.95 Å². The summed E-state index contributed by atoms with van der Waals surface area (Å²) in [5.74, 6) is 0.239. The van der Waals surface area contributed by atoms with Crippen LogP contribution in [-0.2, 0) is 6.18 Å². The summed E-state index contributed by atoms with van der Waals surface area (Å²) in [6, 6.07) is 1.14. The maximum Gasteiger partial charge on any atom is 0.433 e. The molecular formula is C14H21F3N4. The van der Waals surface area contributed by atoms with Gasteiger partial charge in [-0.25, -0.2) is 4.98 Å². The first-order valence-electron chi connectivity index (χ1n) is 7.16. The van der Waals surface area contributed by atoms with E-state index in [2.05, 4.69) is 34.4 Å². The zero-order valence-electron chi connectivity index (χ0n) is 12.5. The largest absolute Gasteiger partial charge is 0.433 e. The molecule has 1 aliphatic carbocycles. The van der Waals surface area contributed by atoms with Crippen molar-refractivity contribution in [2.24, 2.45) is 5.41 Å². The van der Waals surface area contributed by atoms with Gasteiger partial charge in [-0.3, -0.25) is 0 Å². The molecule has 1 aliphatic rings. The normalized spacial score (nSPS) is 21.3.